The van der Waals surface area contributed by atoms with E-state index in [9.17, 15) is 0 Å². The van der Waals surface area contributed by atoms with Crippen LogP contribution < -0.4 is 4.90 Å². The molecule has 1 saturated heterocycles. The molecule has 0 spiro atoms. The molecule has 2 aliphatic rings. The van der Waals surface area contributed by atoms with E-state index in [0.717, 1.165) is 37.1 Å². The highest BCUT2D eigenvalue weighted by molar-refractivity contribution is 7.13. The normalized spacial score (nSPS) is 21.6. The van der Waals surface area contributed by atoms with E-state index >= 15 is 0 Å². The minimum absolute atomic E-state index is 0.538. The minimum Gasteiger partial charge on any atom is -0.357 e. The topological polar surface area (TPSA) is 43.2 Å². The minimum atomic E-state index is 0.538. The van der Waals surface area contributed by atoms with E-state index in [4.69, 9.17) is 5.41 Å². The number of anilines is 1. The smallest absolute Gasteiger partial charge is 0.185 e. The number of hydrogen-bond acceptors (Lipinski definition) is 4. The van der Waals surface area contributed by atoms with Gasteiger partial charge in [-0.2, -0.15) is 0 Å². The van der Waals surface area contributed by atoms with Crippen LogP contribution in [0.25, 0.3) is 0 Å². The number of thiazole rings is 1. The zero-order valence-corrected chi connectivity index (χ0v) is 11.5. The van der Waals surface area contributed by atoms with E-state index in [-0.39, 0.29) is 0 Å². The van der Waals surface area contributed by atoms with Crippen LogP contribution in [0.4, 0.5) is 5.13 Å². The molecule has 0 radical (unpaired) electrons. The predicted octanol–water partition coefficient (Wildman–Crippen LogP) is 2.43. The van der Waals surface area contributed by atoms with Crippen molar-refractivity contribution in [3.8, 4) is 0 Å². The molecule has 2 fully saturated rings. The van der Waals surface area contributed by atoms with E-state index in [1.807, 2.05) is 11.6 Å². The SMILES string of the molecule is N=C(C1CCCC1)N1CCN(c2nccs2)CC1. The molecule has 2 heterocycles. The molecule has 1 saturated carbocycles. The predicted molar refractivity (Wildman–Crippen MR) is 75.6 cm³/mol. The van der Waals surface area contributed by atoms with Crippen molar-refractivity contribution in [2.24, 2.45) is 5.92 Å². The zero-order chi connectivity index (χ0) is 12.4. The third-order valence-corrected chi connectivity index (χ3v) is 4.88. The summed E-state index contributed by atoms with van der Waals surface area (Å²) in [6, 6.07) is 0. The van der Waals surface area contributed by atoms with Gasteiger partial charge in [-0.3, -0.25) is 5.41 Å². The summed E-state index contributed by atoms with van der Waals surface area (Å²) in [7, 11) is 0. The lowest BCUT2D eigenvalue weighted by Gasteiger charge is -2.37. The largest absolute Gasteiger partial charge is 0.357 e. The van der Waals surface area contributed by atoms with Crippen LogP contribution in [0.3, 0.4) is 0 Å². The summed E-state index contributed by atoms with van der Waals surface area (Å²) < 4.78 is 0. The molecule has 5 heteroatoms. The molecule has 1 aliphatic heterocycles. The van der Waals surface area contributed by atoms with Crippen LogP contribution in [0.15, 0.2) is 11.6 Å². The molecule has 98 valence electrons. The lowest BCUT2D eigenvalue weighted by atomic mass is 10.1. The first-order valence-corrected chi connectivity index (χ1v) is 7.70. The number of piperazine rings is 1. The summed E-state index contributed by atoms with van der Waals surface area (Å²) in [5.41, 5.74) is 0. The quantitative estimate of drug-likeness (QED) is 0.659. The van der Waals surface area contributed by atoms with Crippen molar-refractivity contribution in [3.63, 3.8) is 0 Å². The molecule has 1 aromatic rings. The maximum atomic E-state index is 8.32. The van der Waals surface area contributed by atoms with E-state index < -0.39 is 0 Å². The Kier molecular flexibility index (Phi) is 3.50. The van der Waals surface area contributed by atoms with Crippen molar-refractivity contribution in [1.29, 1.82) is 5.41 Å². The molecule has 4 nitrogen and oxygen atoms in total. The van der Waals surface area contributed by atoms with E-state index in [1.54, 1.807) is 11.3 Å². The van der Waals surface area contributed by atoms with Crippen LogP contribution in [0, 0.1) is 11.3 Å². The molecule has 0 atom stereocenters. The van der Waals surface area contributed by atoms with Crippen LogP contribution >= 0.6 is 11.3 Å². The molecule has 18 heavy (non-hydrogen) atoms. The first kappa shape index (κ1) is 12.0. The lowest BCUT2D eigenvalue weighted by Crippen LogP contribution is -2.50. The van der Waals surface area contributed by atoms with Gasteiger partial charge < -0.3 is 9.80 Å². The second-order valence-corrected chi connectivity index (χ2v) is 6.03. The van der Waals surface area contributed by atoms with Gasteiger partial charge in [0, 0.05) is 43.7 Å². The highest BCUT2D eigenvalue weighted by Gasteiger charge is 2.27. The number of aromatic nitrogens is 1. The van der Waals surface area contributed by atoms with Crippen LogP contribution in [0.5, 0.6) is 0 Å². The Balaban J connectivity index is 1.55. The summed E-state index contributed by atoms with van der Waals surface area (Å²) in [4.78, 5) is 8.97. The van der Waals surface area contributed by atoms with Gasteiger partial charge in [0.05, 0.1) is 5.84 Å². The Labute approximate surface area is 112 Å². The third-order valence-electron chi connectivity index (χ3n) is 4.05. The molecule has 1 N–H and O–H groups in total. The highest BCUT2D eigenvalue weighted by Crippen LogP contribution is 2.27. The van der Waals surface area contributed by atoms with Gasteiger partial charge in [0.25, 0.3) is 0 Å². The lowest BCUT2D eigenvalue weighted by molar-refractivity contribution is 0.362. The van der Waals surface area contributed by atoms with E-state index in [2.05, 4.69) is 14.8 Å². The van der Waals surface area contributed by atoms with Gasteiger partial charge in [-0.05, 0) is 12.8 Å². The second kappa shape index (κ2) is 5.26. The molecule has 0 unspecified atom stereocenters. The molecular formula is C13H20N4S. The van der Waals surface area contributed by atoms with E-state index in [1.165, 1.54) is 25.7 Å². The fourth-order valence-corrected chi connectivity index (χ4v) is 3.66. The van der Waals surface area contributed by atoms with Gasteiger partial charge in [-0.15, -0.1) is 11.3 Å². The molecule has 0 aromatic carbocycles. The molecule has 0 bridgehead atoms. The molecule has 1 aromatic heterocycles. The standard InChI is InChI=1S/C13H20N4S/c14-12(11-3-1-2-4-11)16-6-8-17(9-7-16)13-15-5-10-18-13/h5,10-11,14H,1-4,6-9H2. The van der Waals surface area contributed by atoms with Crippen molar-refractivity contribution < 1.29 is 0 Å². The number of hydrogen-bond donors (Lipinski definition) is 1. The Bertz CT molecular complexity index is 389. The second-order valence-electron chi connectivity index (χ2n) is 5.16. The summed E-state index contributed by atoms with van der Waals surface area (Å²) in [6.07, 6.45) is 6.95. The van der Waals surface area contributed by atoms with Crippen molar-refractivity contribution in [3.05, 3.63) is 11.6 Å². The third kappa shape index (κ3) is 2.36. The van der Waals surface area contributed by atoms with Crippen molar-refractivity contribution in [2.75, 3.05) is 31.1 Å². The van der Waals surface area contributed by atoms with Crippen molar-refractivity contribution in [2.45, 2.75) is 25.7 Å². The monoisotopic (exact) mass is 264 g/mol. The Morgan fingerprint density at radius 1 is 1.22 bits per heavy atom. The highest BCUT2D eigenvalue weighted by atomic mass is 32.1. The summed E-state index contributed by atoms with van der Waals surface area (Å²) in [6.45, 7) is 3.97. The first-order valence-electron chi connectivity index (χ1n) is 6.82. The van der Waals surface area contributed by atoms with Crippen LogP contribution in [0.2, 0.25) is 0 Å². The van der Waals surface area contributed by atoms with Crippen LogP contribution in [-0.4, -0.2) is 41.9 Å². The van der Waals surface area contributed by atoms with Gasteiger partial charge in [-0.1, -0.05) is 12.8 Å². The zero-order valence-electron chi connectivity index (χ0n) is 10.6. The van der Waals surface area contributed by atoms with Gasteiger partial charge >= 0.3 is 0 Å². The van der Waals surface area contributed by atoms with Gasteiger partial charge in [0.15, 0.2) is 5.13 Å². The summed E-state index contributed by atoms with van der Waals surface area (Å²) in [5, 5.41) is 11.5. The number of amidine groups is 1. The fraction of sp³-hybridized carbons (Fsp3) is 0.692. The molecular weight excluding hydrogens is 244 g/mol. The molecule has 3 rings (SSSR count). The molecule has 0 amide bonds. The van der Waals surface area contributed by atoms with E-state index in [0.29, 0.717) is 5.92 Å². The average Bonchev–Trinajstić information content (AvgIpc) is 3.11. The Morgan fingerprint density at radius 2 is 1.94 bits per heavy atom. The number of rotatable bonds is 2. The maximum absolute atomic E-state index is 8.32. The van der Waals surface area contributed by atoms with Crippen molar-refractivity contribution in [1.82, 2.24) is 9.88 Å². The fourth-order valence-electron chi connectivity index (χ4n) is 2.97. The van der Waals surface area contributed by atoms with Crippen molar-refractivity contribution >= 4 is 22.3 Å². The number of nitrogens with zero attached hydrogens (tertiary/aromatic N) is 3. The van der Waals surface area contributed by atoms with Gasteiger partial charge in [0.1, 0.15) is 0 Å². The van der Waals surface area contributed by atoms with Crippen LogP contribution in [0.1, 0.15) is 25.7 Å². The Hall–Kier alpha value is -1.10. The van der Waals surface area contributed by atoms with Gasteiger partial charge in [0.2, 0.25) is 0 Å². The maximum Gasteiger partial charge on any atom is 0.185 e. The van der Waals surface area contributed by atoms with Gasteiger partial charge in [-0.25, -0.2) is 4.98 Å². The number of nitrogens with one attached hydrogen (secondary N) is 1. The summed E-state index contributed by atoms with van der Waals surface area (Å²) in [5.74, 6) is 1.43. The first-order chi connectivity index (χ1) is 8.84. The summed E-state index contributed by atoms with van der Waals surface area (Å²) >= 11 is 1.71. The average molecular weight is 264 g/mol. The Morgan fingerprint density at radius 3 is 2.56 bits per heavy atom. The van der Waals surface area contributed by atoms with Crippen LogP contribution in [-0.2, 0) is 0 Å². The molecule has 1 aliphatic carbocycles.